The van der Waals surface area contributed by atoms with Gasteiger partial charge in [-0.25, -0.2) is 0 Å². The van der Waals surface area contributed by atoms with Gasteiger partial charge in [-0.05, 0) is 109 Å². The van der Waals surface area contributed by atoms with E-state index in [1.165, 1.54) is 61.2 Å². The Bertz CT molecular complexity index is 1090. The second kappa shape index (κ2) is 8.48. The van der Waals surface area contributed by atoms with Crippen molar-refractivity contribution in [2.45, 2.75) is 52.9 Å². The number of fused-ring (bicyclic) bond motifs is 1. The lowest BCUT2D eigenvalue weighted by atomic mass is 9.89. The molecular weight excluding hydrogens is 360 g/mol. The van der Waals surface area contributed by atoms with Crippen LogP contribution in [-0.4, -0.2) is 0 Å². The molecule has 2 aromatic carbocycles. The summed E-state index contributed by atoms with van der Waals surface area (Å²) in [5.41, 5.74) is 15.1. The average Bonchev–Trinajstić information content (AvgIpc) is 3.32. The highest BCUT2D eigenvalue weighted by Crippen LogP contribution is 2.40. The third-order valence-electron chi connectivity index (χ3n) is 6.42. The van der Waals surface area contributed by atoms with E-state index in [2.05, 4.69) is 88.6 Å². The van der Waals surface area contributed by atoms with E-state index in [0.717, 1.165) is 32.1 Å². The van der Waals surface area contributed by atoms with E-state index >= 15 is 0 Å². The lowest BCUT2D eigenvalue weighted by Gasteiger charge is -2.16. The Morgan fingerprint density at radius 3 is 2.43 bits per heavy atom. The van der Waals surface area contributed by atoms with Crippen LogP contribution < -0.4 is 0 Å². The molecule has 0 atom stereocenters. The predicted molar refractivity (Wildman–Crippen MR) is 132 cm³/mol. The summed E-state index contributed by atoms with van der Waals surface area (Å²) in [6, 6.07) is 13.3. The molecule has 0 amide bonds. The van der Waals surface area contributed by atoms with Crippen LogP contribution in [0.3, 0.4) is 0 Å². The van der Waals surface area contributed by atoms with Gasteiger partial charge in [0.1, 0.15) is 0 Å². The Balaban J connectivity index is 1.55. The highest BCUT2D eigenvalue weighted by Gasteiger charge is 2.22. The van der Waals surface area contributed by atoms with Gasteiger partial charge in [0.05, 0.1) is 0 Å². The van der Waals surface area contributed by atoms with Crippen LogP contribution in [-0.2, 0) is 12.8 Å². The first-order valence-corrected chi connectivity index (χ1v) is 11.0. The minimum atomic E-state index is 0.924. The zero-order valence-electron chi connectivity index (χ0n) is 18.6. The fourth-order valence-corrected chi connectivity index (χ4v) is 4.93. The van der Waals surface area contributed by atoms with Crippen LogP contribution in [0.4, 0.5) is 0 Å². The molecule has 0 aromatic heterocycles. The molecule has 4 rings (SSSR count). The van der Waals surface area contributed by atoms with Gasteiger partial charge < -0.3 is 0 Å². The van der Waals surface area contributed by atoms with Crippen molar-refractivity contribution in [3.8, 4) is 0 Å². The maximum Gasteiger partial charge on any atom is -0.00136 e. The SMILES string of the molecule is C=C(C)CCc1cccc2c1C=C(C1=CCC=C1CC(=C)c1c(C)cccc1C)C2. The molecule has 2 aliphatic rings. The molecule has 0 radical (unpaired) electrons. The minimum Gasteiger partial charge on any atom is -0.100 e. The summed E-state index contributed by atoms with van der Waals surface area (Å²) in [5.74, 6) is 0. The van der Waals surface area contributed by atoms with Crippen molar-refractivity contribution in [1.82, 2.24) is 0 Å². The van der Waals surface area contributed by atoms with Gasteiger partial charge >= 0.3 is 0 Å². The standard InChI is InChI=1S/C30H32/c1-20(2)15-16-24-11-7-12-26-18-27(19-29(24)26)28-14-8-13-25(28)17-23(5)30-21(3)9-6-10-22(30)4/h6-7,9-14,19H,1,5,8,15-18H2,2-4H3. The Morgan fingerprint density at radius 2 is 1.70 bits per heavy atom. The third kappa shape index (κ3) is 4.05. The third-order valence-corrected chi connectivity index (χ3v) is 6.42. The van der Waals surface area contributed by atoms with Crippen LogP contribution in [0.1, 0.15) is 59.6 Å². The van der Waals surface area contributed by atoms with Crippen molar-refractivity contribution < 1.29 is 0 Å². The maximum atomic E-state index is 4.47. The zero-order chi connectivity index (χ0) is 21.3. The minimum absolute atomic E-state index is 0.924. The summed E-state index contributed by atoms with van der Waals surface area (Å²) < 4.78 is 0. The van der Waals surface area contributed by atoms with Crippen molar-refractivity contribution >= 4 is 11.6 Å². The number of benzene rings is 2. The van der Waals surface area contributed by atoms with Gasteiger partial charge in [-0.15, -0.1) is 6.58 Å². The van der Waals surface area contributed by atoms with E-state index in [9.17, 15) is 0 Å². The fraction of sp³-hybridized carbons (Fsp3) is 0.267. The summed E-state index contributed by atoms with van der Waals surface area (Å²) in [7, 11) is 0. The van der Waals surface area contributed by atoms with Crippen molar-refractivity contribution in [3.05, 3.63) is 117 Å². The number of hydrogen-bond donors (Lipinski definition) is 0. The maximum absolute atomic E-state index is 4.47. The van der Waals surface area contributed by atoms with E-state index in [1.54, 1.807) is 0 Å². The molecule has 2 aliphatic carbocycles. The smallest absolute Gasteiger partial charge is 0.00136 e. The molecule has 152 valence electrons. The van der Waals surface area contributed by atoms with Crippen LogP contribution in [0.25, 0.3) is 11.6 Å². The monoisotopic (exact) mass is 392 g/mol. The van der Waals surface area contributed by atoms with E-state index in [-0.39, 0.29) is 0 Å². The van der Waals surface area contributed by atoms with Crippen molar-refractivity contribution in [2.75, 3.05) is 0 Å². The molecule has 0 heteroatoms. The van der Waals surface area contributed by atoms with Gasteiger partial charge in [-0.2, -0.15) is 0 Å². The number of hydrogen-bond acceptors (Lipinski definition) is 0. The summed E-state index contributed by atoms with van der Waals surface area (Å²) >= 11 is 0. The highest BCUT2D eigenvalue weighted by molar-refractivity contribution is 5.77. The first-order valence-electron chi connectivity index (χ1n) is 11.0. The van der Waals surface area contributed by atoms with Gasteiger partial charge in [-0.3, -0.25) is 0 Å². The average molecular weight is 393 g/mol. The first-order chi connectivity index (χ1) is 14.4. The molecule has 0 aliphatic heterocycles. The molecule has 2 aromatic rings. The summed E-state index contributed by atoms with van der Waals surface area (Å²) in [6.45, 7) is 15.0. The van der Waals surface area contributed by atoms with Crippen LogP contribution in [0.2, 0.25) is 0 Å². The Hall–Kier alpha value is -2.86. The predicted octanol–water partition coefficient (Wildman–Crippen LogP) is 8.11. The molecule has 0 saturated carbocycles. The van der Waals surface area contributed by atoms with Gasteiger partial charge in [0.25, 0.3) is 0 Å². The van der Waals surface area contributed by atoms with Crippen LogP contribution in [0, 0.1) is 13.8 Å². The summed E-state index contributed by atoms with van der Waals surface area (Å²) in [4.78, 5) is 0. The zero-order valence-corrected chi connectivity index (χ0v) is 18.6. The molecule has 0 saturated heterocycles. The second-order valence-electron chi connectivity index (χ2n) is 8.92. The normalized spacial score (nSPS) is 14.8. The lowest BCUT2D eigenvalue weighted by molar-refractivity contribution is 0.941. The topological polar surface area (TPSA) is 0 Å². The largest absolute Gasteiger partial charge is 0.100 e. The molecule has 0 N–H and O–H groups in total. The Kier molecular flexibility index (Phi) is 5.77. The molecular formula is C30H32. The number of rotatable bonds is 7. The Labute approximate surface area is 182 Å². The highest BCUT2D eigenvalue weighted by atomic mass is 14.3. The number of aryl methyl sites for hydroxylation is 3. The van der Waals surface area contributed by atoms with Gasteiger partial charge in [0, 0.05) is 0 Å². The molecule has 0 fully saturated rings. The summed E-state index contributed by atoms with van der Waals surface area (Å²) in [5, 5.41) is 0. The van der Waals surface area contributed by atoms with Crippen molar-refractivity contribution in [2.24, 2.45) is 0 Å². The van der Waals surface area contributed by atoms with Crippen LogP contribution in [0.15, 0.2) is 84.0 Å². The first kappa shape index (κ1) is 20.4. The fourth-order valence-electron chi connectivity index (χ4n) is 4.93. The number of allylic oxidation sites excluding steroid dienone is 7. The van der Waals surface area contributed by atoms with Crippen molar-refractivity contribution in [1.29, 1.82) is 0 Å². The molecule has 0 unspecified atom stereocenters. The van der Waals surface area contributed by atoms with Gasteiger partial charge in [0.15, 0.2) is 0 Å². The Morgan fingerprint density at radius 1 is 0.967 bits per heavy atom. The lowest BCUT2D eigenvalue weighted by Crippen LogP contribution is -1.97. The van der Waals surface area contributed by atoms with E-state index in [4.69, 9.17) is 0 Å². The van der Waals surface area contributed by atoms with Crippen LogP contribution in [0.5, 0.6) is 0 Å². The van der Waals surface area contributed by atoms with E-state index < -0.39 is 0 Å². The molecule has 30 heavy (non-hydrogen) atoms. The molecule has 0 nitrogen and oxygen atoms in total. The summed E-state index contributed by atoms with van der Waals surface area (Å²) in [6.07, 6.45) is 12.4. The van der Waals surface area contributed by atoms with E-state index in [0.29, 0.717) is 0 Å². The molecule has 0 spiro atoms. The molecule has 0 bridgehead atoms. The van der Waals surface area contributed by atoms with Crippen LogP contribution >= 0.6 is 0 Å². The van der Waals surface area contributed by atoms with Gasteiger partial charge in [-0.1, -0.05) is 66.8 Å². The molecule has 0 heterocycles. The quantitative estimate of drug-likeness (QED) is 0.417. The van der Waals surface area contributed by atoms with E-state index in [1.807, 2.05) is 0 Å². The second-order valence-corrected chi connectivity index (χ2v) is 8.92. The van der Waals surface area contributed by atoms with Crippen molar-refractivity contribution in [3.63, 3.8) is 0 Å². The van der Waals surface area contributed by atoms with Gasteiger partial charge in [0.2, 0.25) is 0 Å².